The summed E-state index contributed by atoms with van der Waals surface area (Å²) in [7, 11) is 0. The summed E-state index contributed by atoms with van der Waals surface area (Å²) in [6, 6.07) is 8.89. The standard InChI is InChI=1S/C26H21F6N3O4S.C5H11NO2/c27-25(28,29)15-5-1-3-13(7-15)10-38-22(36)17-9-18(40-24-33-12-34-35-24)20-19(17)21(20)23(37)39-11-14-4-2-6-16(8-14)26(30,31)32;1-5(2,3)8-4(6)7/h1-8,12,17-21H,9-11H2,(H,33,34,35);1-3H3,(H2,6,7). The number of fused-ring (bicyclic) bond motifs is 1. The summed E-state index contributed by atoms with van der Waals surface area (Å²) in [5.74, 6) is -3.43. The Bertz CT molecular complexity index is 1600. The number of ether oxygens (including phenoxy) is 3. The third-order valence-electron chi connectivity index (χ3n) is 7.42. The van der Waals surface area contributed by atoms with Crippen molar-refractivity contribution in [1.82, 2.24) is 15.2 Å². The normalized spacial score (nSPS) is 21.7. The van der Waals surface area contributed by atoms with Crippen LogP contribution in [0.5, 0.6) is 0 Å². The first-order valence-electron chi connectivity index (χ1n) is 14.5. The Morgan fingerprint density at radius 1 is 0.875 bits per heavy atom. The number of aromatic nitrogens is 3. The zero-order valence-corrected chi connectivity index (χ0v) is 26.6. The first-order valence-corrected chi connectivity index (χ1v) is 15.4. The molecule has 5 unspecified atom stereocenters. The van der Waals surface area contributed by atoms with Crippen molar-refractivity contribution in [2.24, 2.45) is 29.4 Å². The van der Waals surface area contributed by atoms with Crippen molar-refractivity contribution in [3.8, 4) is 0 Å². The van der Waals surface area contributed by atoms with Gasteiger partial charge >= 0.3 is 30.4 Å². The van der Waals surface area contributed by atoms with Gasteiger partial charge < -0.3 is 19.9 Å². The summed E-state index contributed by atoms with van der Waals surface area (Å²) in [5, 5.41) is 6.73. The molecule has 17 heteroatoms. The van der Waals surface area contributed by atoms with E-state index in [0.29, 0.717) is 11.6 Å². The highest BCUT2D eigenvalue weighted by Crippen LogP contribution is 2.64. The van der Waals surface area contributed by atoms with Gasteiger partial charge in [0.05, 0.1) is 23.0 Å². The smallest absolute Gasteiger partial charge is 0.416 e. The average Bonchev–Trinajstić information content (AvgIpc) is 3.28. The SMILES string of the molecule is CC(C)(C)OC(N)=O.O=C(OCc1cccc(C(F)(F)F)c1)C1CC(Sc2ncn[nH]2)C2C(C(=O)OCc3cccc(C(F)(F)F)c3)C12. The van der Waals surface area contributed by atoms with Crippen molar-refractivity contribution in [3.05, 3.63) is 77.1 Å². The Labute approximate surface area is 275 Å². The lowest BCUT2D eigenvalue weighted by molar-refractivity contribution is -0.152. The second kappa shape index (κ2) is 14.5. The van der Waals surface area contributed by atoms with Crippen LogP contribution in [0.4, 0.5) is 31.1 Å². The molecular weight excluding hydrogens is 670 g/mol. The van der Waals surface area contributed by atoms with Crippen LogP contribution in [0.3, 0.4) is 0 Å². The quantitative estimate of drug-likeness (QED) is 0.152. The van der Waals surface area contributed by atoms with E-state index in [1.165, 1.54) is 42.4 Å². The molecular formula is C31H32F6N4O6S. The minimum absolute atomic E-state index is 0.165. The molecule has 260 valence electrons. The Kier molecular flexibility index (Phi) is 11.0. The molecule has 0 aliphatic heterocycles. The van der Waals surface area contributed by atoms with Gasteiger partial charge in [-0.05, 0) is 74.4 Å². The Balaban J connectivity index is 0.000000579. The maximum Gasteiger partial charge on any atom is 0.416 e. The molecule has 3 aromatic rings. The van der Waals surface area contributed by atoms with Gasteiger partial charge in [-0.3, -0.25) is 14.7 Å². The number of nitrogens with two attached hydrogens (primary N) is 1. The summed E-state index contributed by atoms with van der Waals surface area (Å²) in [6.45, 7) is 4.54. The number of hydrogen-bond acceptors (Lipinski definition) is 9. The van der Waals surface area contributed by atoms with Crippen LogP contribution >= 0.6 is 11.8 Å². The number of nitrogens with one attached hydrogen (secondary N) is 1. The predicted octanol–water partition coefficient (Wildman–Crippen LogP) is 6.55. The molecule has 2 aliphatic rings. The minimum Gasteiger partial charge on any atom is -0.461 e. The molecule has 1 heterocycles. The van der Waals surface area contributed by atoms with E-state index in [1.807, 2.05) is 0 Å². The van der Waals surface area contributed by atoms with Crippen LogP contribution in [0.15, 0.2) is 60.0 Å². The number of carbonyl (C=O) groups excluding carboxylic acids is 3. The van der Waals surface area contributed by atoms with Crippen molar-refractivity contribution >= 4 is 29.8 Å². The Morgan fingerprint density at radius 2 is 1.42 bits per heavy atom. The fourth-order valence-corrected chi connectivity index (χ4v) is 6.81. The van der Waals surface area contributed by atoms with Crippen LogP contribution in [0, 0.1) is 23.7 Å². The lowest BCUT2D eigenvalue weighted by Crippen LogP contribution is -2.27. The summed E-state index contributed by atoms with van der Waals surface area (Å²) in [6.07, 6.45) is -8.17. The van der Waals surface area contributed by atoms with Crippen molar-refractivity contribution in [3.63, 3.8) is 0 Å². The monoisotopic (exact) mass is 702 g/mol. The number of amides is 1. The van der Waals surface area contributed by atoms with Gasteiger partial charge in [0.1, 0.15) is 25.1 Å². The molecule has 2 saturated carbocycles. The van der Waals surface area contributed by atoms with Crippen LogP contribution in [0.2, 0.25) is 0 Å². The number of hydrogen-bond donors (Lipinski definition) is 2. The van der Waals surface area contributed by atoms with E-state index in [0.717, 1.165) is 24.3 Å². The largest absolute Gasteiger partial charge is 0.461 e. The average molecular weight is 703 g/mol. The molecule has 0 bridgehead atoms. The number of esters is 2. The molecule has 0 saturated heterocycles. The second-order valence-electron chi connectivity index (χ2n) is 12.1. The molecule has 1 aromatic heterocycles. The van der Waals surface area contributed by atoms with Gasteiger partial charge in [0.25, 0.3) is 0 Å². The van der Waals surface area contributed by atoms with E-state index >= 15 is 0 Å². The van der Waals surface area contributed by atoms with Gasteiger partial charge in [0.15, 0.2) is 5.16 Å². The van der Waals surface area contributed by atoms with Crippen molar-refractivity contribution in [2.45, 2.75) is 68.8 Å². The van der Waals surface area contributed by atoms with E-state index in [9.17, 15) is 40.7 Å². The zero-order chi connectivity index (χ0) is 35.4. The fraction of sp³-hybridized carbons (Fsp3) is 0.452. The number of halogens is 6. The van der Waals surface area contributed by atoms with Gasteiger partial charge in [-0.25, -0.2) is 9.78 Å². The molecule has 5 rings (SSSR count). The summed E-state index contributed by atoms with van der Waals surface area (Å²) in [5.41, 5.74) is 2.87. The minimum atomic E-state index is -4.54. The fourth-order valence-electron chi connectivity index (χ4n) is 5.50. The van der Waals surface area contributed by atoms with Crippen molar-refractivity contribution in [1.29, 1.82) is 0 Å². The molecule has 2 aliphatic carbocycles. The van der Waals surface area contributed by atoms with Crippen molar-refractivity contribution < 1.29 is 54.9 Å². The highest BCUT2D eigenvalue weighted by atomic mass is 32.2. The van der Waals surface area contributed by atoms with E-state index in [2.05, 4.69) is 19.9 Å². The van der Waals surface area contributed by atoms with Crippen LogP contribution in [-0.2, 0) is 49.4 Å². The number of alkyl halides is 6. The number of aromatic amines is 1. The molecule has 5 atom stereocenters. The van der Waals surface area contributed by atoms with E-state index in [4.69, 9.17) is 15.2 Å². The number of carbonyl (C=O) groups is 3. The van der Waals surface area contributed by atoms with E-state index in [1.54, 1.807) is 20.8 Å². The number of benzene rings is 2. The summed E-state index contributed by atoms with van der Waals surface area (Å²) in [4.78, 5) is 40.0. The molecule has 2 fully saturated rings. The molecule has 48 heavy (non-hydrogen) atoms. The van der Waals surface area contributed by atoms with Crippen LogP contribution in [0.25, 0.3) is 0 Å². The molecule has 2 aromatic carbocycles. The van der Waals surface area contributed by atoms with Gasteiger partial charge in [-0.15, -0.1) is 0 Å². The molecule has 3 N–H and O–H groups in total. The Morgan fingerprint density at radius 3 is 1.85 bits per heavy atom. The summed E-state index contributed by atoms with van der Waals surface area (Å²) < 4.78 is 93.3. The highest BCUT2D eigenvalue weighted by Gasteiger charge is 2.68. The van der Waals surface area contributed by atoms with Crippen molar-refractivity contribution in [2.75, 3.05) is 0 Å². The lowest BCUT2D eigenvalue weighted by atomic mass is 10.00. The number of primary amides is 1. The van der Waals surface area contributed by atoms with E-state index < -0.39 is 64.9 Å². The van der Waals surface area contributed by atoms with E-state index in [-0.39, 0.29) is 35.5 Å². The maximum absolute atomic E-state index is 13.0. The first-order chi connectivity index (χ1) is 22.3. The molecule has 0 spiro atoms. The summed E-state index contributed by atoms with van der Waals surface area (Å²) >= 11 is 1.29. The molecule has 10 nitrogen and oxygen atoms in total. The molecule has 0 radical (unpaired) electrons. The number of H-pyrrole nitrogens is 1. The van der Waals surface area contributed by atoms with Gasteiger partial charge in [0, 0.05) is 5.25 Å². The number of thioether (sulfide) groups is 1. The first kappa shape index (κ1) is 36.6. The third kappa shape index (κ3) is 9.87. The Hall–Kier alpha value is -4.28. The van der Waals surface area contributed by atoms with Gasteiger partial charge in [-0.2, -0.15) is 31.4 Å². The number of nitrogens with zero attached hydrogens (tertiary/aromatic N) is 2. The predicted molar refractivity (Wildman–Crippen MR) is 158 cm³/mol. The third-order valence-corrected chi connectivity index (χ3v) is 8.65. The highest BCUT2D eigenvalue weighted by molar-refractivity contribution is 7.99. The number of rotatable bonds is 8. The lowest BCUT2D eigenvalue weighted by Gasteiger charge is -2.18. The van der Waals surface area contributed by atoms with Crippen LogP contribution < -0.4 is 5.73 Å². The van der Waals surface area contributed by atoms with Crippen LogP contribution in [0.1, 0.15) is 49.4 Å². The topological polar surface area (TPSA) is 146 Å². The van der Waals surface area contributed by atoms with Gasteiger partial charge in [0.2, 0.25) is 0 Å². The second-order valence-corrected chi connectivity index (χ2v) is 13.3. The maximum atomic E-state index is 13.0. The zero-order valence-electron chi connectivity index (χ0n) is 25.8. The van der Waals surface area contributed by atoms with Crippen LogP contribution in [-0.4, -0.2) is 44.1 Å². The van der Waals surface area contributed by atoms with Gasteiger partial charge in [-0.1, -0.05) is 36.0 Å². The molecule has 1 amide bonds.